The molecule has 3 aromatic rings. The Balaban J connectivity index is 0.00000363. The van der Waals surface area contributed by atoms with Gasteiger partial charge in [0.15, 0.2) is 18.4 Å². The van der Waals surface area contributed by atoms with Gasteiger partial charge in [0.1, 0.15) is 5.75 Å². The highest BCUT2D eigenvalue weighted by Crippen LogP contribution is 2.18. The molecule has 7 nitrogen and oxygen atoms in total. The zero-order chi connectivity index (χ0) is 22.1. The molecule has 0 spiro atoms. The van der Waals surface area contributed by atoms with Crippen LogP contribution in [0.3, 0.4) is 0 Å². The smallest absolute Gasteiger partial charge is 0.422 e. The fourth-order valence-electron chi connectivity index (χ4n) is 2.66. The van der Waals surface area contributed by atoms with Crippen LogP contribution in [-0.2, 0) is 13.1 Å². The lowest BCUT2D eigenvalue weighted by Gasteiger charge is -2.12. The van der Waals surface area contributed by atoms with E-state index in [9.17, 15) is 13.2 Å². The summed E-state index contributed by atoms with van der Waals surface area (Å²) in [5.74, 6) is 1.51. The summed E-state index contributed by atoms with van der Waals surface area (Å²) in [5.41, 5.74) is 1.86. The first-order valence-electron chi connectivity index (χ1n) is 9.68. The van der Waals surface area contributed by atoms with Crippen LogP contribution in [0.1, 0.15) is 18.1 Å². The summed E-state index contributed by atoms with van der Waals surface area (Å²) in [6.45, 7) is 2.24. The maximum Gasteiger partial charge on any atom is 0.422 e. The summed E-state index contributed by atoms with van der Waals surface area (Å²) in [6, 6.07) is 12.1. The Hall–Kier alpha value is -2.83. The molecule has 0 aliphatic carbocycles. The molecule has 0 radical (unpaired) electrons. The molecule has 0 aliphatic heterocycles. The minimum Gasteiger partial charge on any atom is -0.484 e. The van der Waals surface area contributed by atoms with Crippen molar-refractivity contribution in [3.63, 3.8) is 0 Å². The summed E-state index contributed by atoms with van der Waals surface area (Å²) >= 11 is 0. The number of nitrogens with zero attached hydrogens (tertiary/aromatic N) is 4. The van der Waals surface area contributed by atoms with Crippen LogP contribution >= 0.6 is 24.0 Å². The highest BCUT2D eigenvalue weighted by atomic mass is 127. The Morgan fingerprint density at radius 1 is 1.09 bits per heavy atom. The third-order valence-corrected chi connectivity index (χ3v) is 4.10. The number of aliphatic imine (C=N–C) groups is 1. The zero-order valence-electron chi connectivity index (χ0n) is 17.3. The van der Waals surface area contributed by atoms with Crippen LogP contribution in [0.4, 0.5) is 13.2 Å². The quantitative estimate of drug-likeness (QED) is 0.247. The number of guanidine groups is 1. The van der Waals surface area contributed by atoms with E-state index in [1.165, 1.54) is 12.1 Å². The van der Waals surface area contributed by atoms with E-state index in [1.54, 1.807) is 29.2 Å². The molecule has 0 atom stereocenters. The Labute approximate surface area is 201 Å². The van der Waals surface area contributed by atoms with Gasteiger partial charge in [0.2, 0.25) is 0 Å². The molecule has 1 aromatic carbocycles. The van der Waals surface area contributed by atoms with Gasteiger partial charge in [0.25, 0.3) is 0 Å². The molecule has 0 amide bonds. The molecule has 0 bridgehead atoms. The molecule has 2 heterocycles. The predicted molar refractivity (Wildman–Crippen MR) is 126 cm³/mol. The predicted octanol–water partition coefficient (Wildman–Crippen LogP) is 4.08. The van der Waals surface area contributed by atoms with Gasteiger partial charge in [-0.25, -0.2) is 14.7 Å². The van der Waals surface area contributed by atoms with E-state index < -0.39 is 12.8 Å². The number of nitrogens with one attached hydrogen (secondary N) is 2. The van der Waals surface area contributed by atoms with Crippen molar-refractivity contribution in [2.24, 2.45) is 4.99 Å². The average molecular weight is 560 g/mol. The van der Waals surface area contributed by atoms with Crippen LogP contribution in [-0.4, -0.2) is 40.1 Å². The lowest BCUT2D eigenvalue weighted by Crippen LogP contribution is -2.36. The van der Waals surface area contributed by atoms with E-state index in [1.807, 2.05) is 31.3 Å². The molecule has 172 valence electrons. The first-order chi connectivity index (χ1) is 14.9. The Morgan fingerprint density at radius 2 is 1.88 bits per heavy atom. The van der Waals surface area contributed by atoms with Crippen molar-refractivity contribution in [1.82, 2.24) is 25.4 Å². The largest absolute Gasteiger partial charge is 0.484 e. The molecule has 0 saturated carbocycles. The fraction of sp³-hybridized carbons (Fsp3) is 0.286. The number of hydrogen-bond acceptors (Lipinski definition) is 4. The number of pyridine rings is 1. The van der Waals surface area contributed by atoms with Gasteiger partial charge < -0.3 is 15.4 Å². The van der Waals surface area contributed by atoms with Crippen molar-refractivity contribution in [3.8, 4) is 11.6 Å². The highest BCUT2D eigenvalue weighted by Gasteiger charge is 2.28. The molecule has 0 fully saturated rings. The fourth-order valence-corrected chi connectivity index (χ4v) is 2.66. The van der Waals surface area contributed by atoms with Crippen molar-refractivity contribution in [2.75, 3.05) is 13.2 Å². The SMILES string of the molecule is CCNC(=NCc1ccnc(-n2cccn2)c1)NCc1ccc(OCC(F)(F)F)cc1.I. The molecule has 2 aromatic heterocycles. The third kappa shape index (κ3) is 8.36. The van der Waals surface area contributed by atoms with E-state index in [0.29, 0.717) is 31.4 Å². The van der Waals surface area contributed by atoms with Gasteiger partial charge in [-0.3, -0.25) is 0 Å². The van der Waals surface area contributed by atoms with Gasteiger partial charge in [-0.05, 0) is 48.4 Å². The Kier molecular flexibility index (Phi) is 9.75. The summed E-state index contributed by atoms with van der Waals surface area (Å²) in [4.78, 5) is 8.89. The molecular formula is C21H24F3IN6O. The van der Waals surface area contributed by atoms with Crippen molar-refractivity contribution in [2.45, 2.75) is 26.2 Å². The van der Waals surface area contributed by atoms with E-state index >= 15 is 0 Å². The van der Waals surface area contributed by atoms with E-state index in [2.05, 4.69) is 25.7 Å². The first kappa shape index (κ1) is 25.4. The zero-order valence-corrected chi connectivity index (χ0v) is 19.7. The van der Waals surface area contributed by atoms with Gasteiger partial charge in [0, 0.05) is 31.7 Å². The van der Waals surface area contributed by atoms with Crippen LogP contribution in [0.25, 0.3) is 5.82 Å². The molecule has 0 unspecified atom stereocenters. The number of aromatic nitrogens is 3. The van der Waals surface area contributed by atoms with Gasteiger partial charge in [-0.1, -0.05) is 12.1 Å². The molecule has 3 rings (SSSR count). The van der Waals surface area contributed by atoms with E-state index in [-0.39, 0.29) is 29.7 Å². The lowest BCUT2D eigenvalue weighted by atomic mass is 10.2. The number of ether oxygens (including phenoxy) is 1. The maximum absolute atomic E-state index is 12.2. The summed E-state index contributed by atoms with van der Waals surface area (Å²) < 4.78 is 43.1. The molecule has 0 saturated heterocycles. The Bertz CT molecular complexity index is 978. The molecule has 0 aliphatic rings. The molecular weight excluding hydrogens is 536 g/mol. The summed E-state index contributed by atoms with van der Waals surface area (Å²) in [5, 5.41) is 10.6. The van der Waals surface area contributed by atoms with Gasteiger partial charge in [0.05, 0.1) is 6.54 Å². The second-order valence-corrected chi connectivity index (χ2v) is 6.57. The number of hydrogen-bond donors (Lipinski definition) is 2. The standard InChI is InChI=1S/C21H23F3N6O.HI/c1-2-25-20(27-13-16-4-6-18(7-5-16)31-15-21(22,23)24)28-14-17-8-10-26-19(12-17)30-11-3-9-29-30;/h3-12H,2,13-15H2,1H3,(H2,25,27,28);1H. The molecule has 2 N–H and O–H groups in total. The highest BCUT2D eigenvalue weighted by molar-refractivity contribution is 14.0. The Morgan fingerprint density at radius 3 is 2.53 bits per heavy atom. The minimum atomic E-state index is -4.36. The minimum absolute atomic E-state index is 0. The van der Waals surface area contributed by atoms with Crippen LogP contribution in [0.5, 0.6) is 5.75 Å². The van der Waals surface area contributed by atoms with Crippen molar-refractivity contribution in [3.05, 3.63) is 72.2 Å². The van der Waals surface area contributed by atoms with E-state index in [0.717, 1.165) is 11.1 Å². The summed E-state index contributed by atoms with van der Waals surface area (Å²) in [7, 11) is 0. The van der Waals surface area contributed by atoms with Crippen LogP contribution in [0.2, 0.25) is 0 Å². The number of benzene rings is 1. The van der Waals surface area contributed by atoms with Crippen LogP contribution in [0, 0.1) is 0 Å². The summed E-state index contributed by atoms with van der Waals surface area (Å²) in [6.07, 6.45) is 0.866. The second kappa shape index (κ2) is 12.3. The topological polar surface area (TPSA) is 76.4 Å². The van der Waals surface area contributed by atoms with Gasteiger partial charge in [-0.15, -0.1) is 24.0 Å². The molecule has 32 heavy (non-hydrogen) atoms. The van der Waals surface area contributed by atoms with Crippen LogP contribution < -0.4 is 15.4 Å². The van der Waals surface area contributed by atoms with Crippen LogP contribution in [0.15, 0.2) is 66.0 Å². The monoisotopic (exact) mass is 560 g/mol. The van der Waals surface area contributed by atoms with Crippen molar-refractivity contribution >= 4 is 29.9 Å². The van der Waals surface area contributed by atoms with Gasteiger partial charge in [-0.2, -0.15) is 18.3 Å². The van der Waals surface area contributed by atoms with Crippen molar-refractivity contribution in [1.29, 1.82) is 0 Å². The maximum atomic E-state index is 12.2. The normalized spacial score (nSPS) is 11.6. The average Bonchev–Trinajstić information content (AvgIpc) is 3.30. The van der Waals surface area contributed by atoms with Gasteiger partial charge >= 0.3 is 6.18 Å². The lowest BCUT2D eigenvalue weighted by molar-refractivity contribution is -0.153. The number of halogens is 4. The van der Waals surface area contributed by atoms with E-state index in [4.69, 9.17) is 4.74 Å². The second-order valence-electron chi connectivity index (χ2n) is 6.57. The third-order valence-electron chi connectivity index (χ3n) is 4.10. The number of rotatable bonds is 8. The number of alkyl halides is 3. The first-order valence-corrected chi connectivity index (χ1v) is 9.68. The van der Waals surface area contributed by atoms with Crippen molar-refractivity contribution < 1.29 is 17.9 Å². The molecule has 11 heteroatoms.